The summed E-state index contributed by atoms with van der Waals surface area (Å²) in [6, 6.07) is 11.8. The Morgan fingerprint density at radius 3 is 2.60 bits per heavy atom. The zero-order valence-corrected chi connectivity index (χ0v) is 24.4. The van der Waals surface area contributed by atoms with E-state index in [4.69, 9.17) is 14.2 Å². The maximum absolute atomic E-state index is 12.3. The summed E-state index contributed by atoms with van der Waals surface area (Å²) in [4.78, 5) is 20.6. The largest absolute Gasteiger partial charge is 0.493 e. The highest BCUT2D eigenvalue weighted by Gasteiger charge is 2.37. The summed E-state index contributed by atoms with van der Waals surface area (Å²) < 4.78 is 19.8. The summed E-state index contributed by atoms with van der Waals surface area (Å²) in [7, 11) is 1.63. The minimum atomic E-state index is -1.23. The number of carbonyl (C=O) groups excluding carboxylic acids is 1. The molecular formula is C31H42N4O5. The average Bonchev–Trinajstić information content (AvgIpc) is 3.32. The molecule has 1 unspecified atom stereocenters. The molecule has 4 rings (SSSR count). The first-order valence-electron chi connectivity index (χ1n) is 13.9. The number of nitrogens with zero attached hydrogens (tertiary/aromatic N) is 4. The van der Waals surface area contributed by atoms with Crippen molar-refractivity contribution in [3.05, 3.63) is 71.3 Å². The highest BCUT2D eigenvalue weighted by Crippen LogP contribution is 2.29. The van der Waals surface area contributed by atoms with Crippen molar-refractivity contribution in [2.24, 2.45) is 0 Å². The molecule has 1 saturated heterocycles. The first kappa shape index (κ1) is 29.4. The van der Waals surface area contributed by atoms with Gasteiger partial charge in [0, 0.05) is 51.9 Å². The molecule has 1 aromatic heterocycles. The van der Waals surface area contributed by atoms with Gasteiger partial charge in [-0.2, -0.15) is 0 Å². The number of hydrogen-bond donors (Lipinski definition) is 1. The van der Waals surface area contributed by atoms with Crippen LogP contribution in [0.2, 0.25) is 0 Å². The Bertz CT molecular complexity index is 1290. The number of imidazole rings is 1. The second kappa shape index (κ2) is 13.2. The molecule has 9 heteroatoms. The monoisotopic (exact) mass is 550 g/mol. The van der Waals surface area contributed by atoms with Crippen LogP contribution in [-0.2, 0) is 24.3 Å². The molecule has 0 spiro atoms. The van der Waals surface area contributed by atoms with Crippen molar-refractivity contribution in [1.29, 1.82) is 0 Å². The van der Waals surface area contributed by atoms with Gasteiger partial charge in [-0.1, -0.05) is 19.1 Å². The molecule has 0 bridgehead atoms. The smallest absolute Gasteiger partial charge is 0.219 e. The van der Waals surface area contributed by atoms with E-state index in [0.29, 0.717) is 56.6 Å². The van der Waals surface area contributed by atoms with Crippen LogP contribution in [0.25, 0.3) is 0 Å². The van der Waals surface area contributed by atoms with Crippen molar-refractivity contribution in [2.45, 2.75) is 52.8 Å². The van der Waals surface area contributed by atoms with Crippen molar-refractivity contribution in [1.82, 2.24) is 19.4 Å². The summed E-state index contributed by atoms with van der Waals surface area (Å²) in [5, 5.41) is 11.7. The molecular weight excluding hydrogens is 508 g/mol. The number of hydrogen-bond acceptors (Lipinski definition) is 7. The van der Waals surface area contributed by atoms with Crippen LogP contribution in [0, 0.1) is 13.8 Å². The molecule has 9 nitrogen and oxygen atoms in total. The van der Waals surface area contributed by atoms with E-state index in [1.807, 2.05) is 55.7 Å². The third-order valence-electron chi connectivity index (χ3n) is 7.46. The SMILES string of the molecule is CCc1nccn1CCOc1cc(CN2CCN(C(C)=O)CC(O)(COc3ccc(C)c(C)c3)C2)ccc1OC. The molecule has 3 aromatic rings. The Kier molecular flexibility index (Phi) is 9.71. The molecule has 1 N–H and O–H groups in total. The van der Waals surface area contributed by atoms with E-state index in [1.165, 1.54) is 5.56 Å². The first-order valence-corrected chi connectivity index (χ1v) is 13.9. The summed E-state index contributed by atoms with van der Waals surface area (Å²) in [5.41, 5.74) is 2.12. The molecule has 1 fully saturated rings. The Labute approximate surface area is 237 Å². The number of β-amino-alcohol motifs (C(OH)–C–C–N with tert-alkyl or cyclic N) is 1. The Balaban J connectivity index is 1.45. The lowest BCUT2D eigenvalue weighted by Gasteiger charge is -2.33. The minimum absolute atomic E-state index is 0.0595. The van der Waals surface area contributed by atoms with Crippen LogP contribution in [0.5, 0.6) is 17.2 Å². The molecule has 2 heterocycles. The topological polar surface area (TPSA) is 89.3 Å². The van der Waals surface area contributed by atoms with E-state index in [9.17, 15) is 9.90 Å². The van der Waals surface area contributed by atoms with E-state index in [-0.39, 0.29) is 19.1 Å². The molecule has 2 aromatic carbocycles. The molecule has 1 aliphatic heterocycles. The van der Waals surface area contributed by atoms with Crippen molar-refractivity contribution < 1.29 is 24.1 Å². The van der Waals surface area contributed by atoms with Crippen molar-refractivity contribution >= 4 is 5.91 Å². The number of rotatable bonds is 11. The molecule has 1 amide bonds. The standard InChI is InChI=1S/C31H42N4O5/c1-6-30-32-11-12-34(30)15-16-39-29-18-26(8-10-28(29)38-5)19-33-13-14-35(25(4)36)21-31(37,20-33)22-40-27-9-7-23(2)24(3)17-27/h7-12,17-18,37H,6,13-16,19-22H2,1-5H3. The second-order valence-corrected chi connectivity index (χ2v) is 10.6. The molecule has 1 atom stereocenters. The molecule has 0 radical (unpaired) electrons. The summed E-state index contributed by atoms with van der Waals surface area (Å²) in [5.74, 6) is 3.02. The third-order valence-corrected chi connectivity index (χ3v) is 7.46. The Hall–Kier alpha value is -3.56. The van der Waals surface area contributed by atoms with Crippen molar-refractivity contribution in [3.63, 3.8) is 0 Å². The zero-order chi connectivity index (χ0) is 28.7. The predicted octanol–water partition coefficient (Wildman–Crippen LogP) is 3.62. The highest BCUT2D eigenvalue weighted by atomic mass is 16.5. The average molecular weight is 551 g/mol. The van der Waals surface area contributed by atoms with Gasteiger partial charge in [0.25, 0.3) is 0 Å². The van der Waals surface area contributed by atoms with Gasteiger partial charge in [-0.25, -0.2) is 4.98 Å². The van der Waals surface area contributed by atoms with Crippen molar-refractivity contribution in [3.8, 4) is 17.2 Å². The van der Waals surface area contributed by atoms with Crippen molar-refractivity contribution in [2.75, 3.05) is 46.5 Å². The summed E-state index contributed by atoms with van der Waals surface area (Å²) in [6.45, 7) is 11.3. The van der Waals surface area contributed by atoms with Gasteiger partial charge in [0.15, 0.2) is 11.5 Å². The number of benzene rings is 2. The fraction of sp³-hybridized carbons (Fsp3) is 0.484. The predicted molar refractivity (Wildman–Crippen MR) is 154 cm³/mol. The number of aromatic nitrogens is 2. The molecule has 0 saturated carbocycles. The van der Waals surface area contributed by atoms with E-state index < -0.39 is 5.60 Å². The summed E-state index contributed by atoms with van der Waals surface area (Å²) in [6.07, 6.45) is 4.64. The second-order valence-electron chi connectivity index (χ2n) is 10.6. The molecule has 1 aliphatic rings. The fourth-order valence-electron chi connectivity index (χ4n) is 5.06. The van der Waals surface area contributed by atoms with Gasteiger partial charge in [-0.3, -0.25) is 9.69 Å². The maximum atomic E-state index is 12.3. The molecule has 0 aliphatic carbocycles. The number of aryl methyl sites for hydroxylation is 3. The van der Waals surface area contributed by atoms with Gasteiger partial charge in [-0.05, 0) is 54.8 Å². The normalized spacial score (nSPS) is 17.9. The van der Waals surface area contributed by atoms with E-state index in [1.54, 1.807) is 18.9 Å². The molecule has 216 valence electrons. The highest BCUT2D eigenvalue weighted by molar-refractivity contribution is 5.73. The number of ether oxygens (including phenoxy) is 3. The van der Waals surface area contributed by atoms with Crippen LogP contribution >= 0.6 is 0 Å². The number of methoxy groups -OCH3 is 1. The van der Waals surface area contributed by atoms with Crippen LogP contribution in [0.1, 0.15) is 36.4 Å². The van der Waals surface area contributed by atoms with Gasteiger partial charge < -0.3 is 28.8 Å². The maximum Gasteiger partial charge on any atom is 0.219 e. The lowest BCUT2D eigenvalue weighted by molar-refractivity contribution is -0.132. The quantitative estimate of drug-likeness (QED) is 0.390. The van der Waals surface area contributed by atoms with E-state index in [2.05, 4.69) is 28.3 Å². The Morgan fingerprint density at radius 1 is 1.05 bits per heavy atom. The lowest BCUT2D eigenvalue weighted by atomic mass is 10.0. The van der Waals surface area contributed by atoms with Gasteiger partial charge in [-0.15, -0.1) is 0 Å². The van der Waals surface area contributed by atoms with E-state index >= 15 is 0 Å². The first-order chi connectivity index (χ1) is 19.2. The minimum Gasteiger partial charge on any atom is -0.493 e. The fourth-order valence-corrected chi connectivity index (χ4v) is 5.06. The van der Waals surface area contributed by atoms with Gasteiger partial charge in [0.2, 0.25) is 5.91 Å². The lowest BCUT2D eigenvalue weighted by Crippen LogP contribution is -2.51. The van der Waals surface area contributed by atoms with Crippen LogP contribution in [0.15, 0.2) is 48.8 Å². The van der Waals surface area contributed by atoms with Gasteiger partial charge in [0.05, 0.1) is 20.2 Å². The third kappa shape index (κ3) is 7.55. The number of aliphatic hydroxyl groups is 1. The van der Waals surface area contributed by atoms with Crippen LogP contribution in [-0.4, -0.2) is 82.5 Å². The molecule has 40 heavy (non-hydrogen) atoms. The number of amides is 1. The van der Waals surface area contributed by atoms with Crippen LogP contribution in [0.3, 0.4) is 0 Å². The zero-order valence-electron chi connectivity index (χ0n) is 24.4. The van der Waals surface area contributed by atoms with Gasteiger partial charge >= 0.3 is 0 Å². The van der Waals surface area contributed by atoms with E-state index in [0.717, 1.165) is 23.4 Å². The Morgan fingerprint density at radius 2 is 1.88 bits per heavy atom. The number of carbonyl (C=O) groups is 1. The van der Waals surface area contributed by atoms with Crippen LogP contribution < -0.4 is 14.2 Å². The van der Waals surface area contributed by atoms with Crippen LogP contribution in [0.4, 0.5) is 0 Å². The summed E-state index contributed by atoms with van der Waals surface area (Å²) >= 11 is 0. The van der Waals surface area contributed by atoms with Gasteiger partial charge in [0.1, 0.15) is 30.4 Å².